The van der Waals surface area contributed by atoms with Gasteiger partial charge in [0.05, 0.1) is 26.4 Å². The molecule has 1 rings (SSSR count). The maximum Gasteiger partial charge on any atom is 0.161 e. The summed E-state index contributed by atoms with van der Waals surface area (Å²) in [4.78, 5) is 0. The first-order valence-electron chi connectivity index (χ1n) is 6.89. The van der Waals surface area contributed by atoms with Crippen LogP contribution in [0.2, 0.25) is 0 Å². The summed E-state index contributed by atoms with van der Waals surface area (Å²) >= 11 is 0. The third-order valence-corrected chi connectivity index (χ3v) is 2.87. The molecule has 0 aliphatic carbocycles. The highest BCUT2D eigenvalue weighted by atomic mass is 16.5. The van der Waals surface area contributed by atoms with Gasteiger partial charge in [-0.2, -0.15) is 0 Å². The maximum absolute atomic E-state index is 9.84. The number of aliphatic hydroxyl groups is 1. The van der Waals surface area contributed by atoms with Crippen LogP contribution in [-0.4, -0.2) is 51.4 Å². The lowest BCUT2D eigenvalue weighted by molar-refractivity contribution is -0.0424. The van der Waals surface area contributed by atoms with Gasteiger partial charge in [-0.05, 0) is 24.6 Å². The first-order chi connectivity index (χ1) is 10.1. The van der Waals surface area contributed by atoms with E-state index in [1.807, 2.05) is 19.1 Å². The zero-order valence-electron chi connectivity index (χ0n) is 12.9. The van der Waals surface area contributed by atoms with E-state index in [4.69, 9.17) is 24.7 Å². The fourth-order valence-corrected chi connectivity index (χ4v) is 1.75. The summed E-state index contributed by atoms with van der Waals surface area (Å²) < 4.78 is 21.2. The number of benzene rings is 1. The van der Waals surface area contributed by atoms with Gasteiger partial charge in [0.1, 0.15) is 12.7 Å². The van der Waals surface area contributed by atoms with E-state index in [1.165, 1.54) is 0 Å². The highest BCUT2D eigenvalue weighted by Crippen LogP contribution is 2.28. The van der Waals surface area contributed by atoms with E-state index < -0.39 is 6.10 Å². The van der Waals surface area contributed by atoms with Crippen molar-refractivity contribution in [3.8, 4) is 11.5 Å². The van der Waals surface area contributed by atoms with E-state index >= 15 is 0 Å². The van der Waals surface area contributed by atoms with Crippen LogP contribution in [0.1, 0.15) is 12.5 Å². The molecule has 1 aromatic carbocycles. The molecule has 120 valence electrons. The Labute approximate surface area is 125 Å². The van der Waals surface area contributed by atoms with Gasteiger partial charge < -0.3 is 29.8 Å². The summed E-state index contributed by atoms with van der Waals surface area (Å²) in [6.45, 7) is 3.11. The minimum absolute atomic E-state index is 0.0666. The average Bonchev–Trinajstić information content (AvgIpc) is 2.51. The molecule has 0 saturated heterocycles. The molecule has 0 heterocycles. The Bertz CT molecular complexity index is 413. The molecule has 0 amide bonds. The van der Waals surface area contributed by atoms with Crippen LogP contribution in [0.5, 0.6) is 11.5 Å². The molecule has 0 spiro atoms. The van der Waals surface area contributed by atoms with E-state index in [0.29, 0.717) is 24.7 Å². The van der Waals surface area contributed by atoms with Crippen molar-refractivity contribution in [1.29, 1.82) is 0 Å². The molecule has 0 fully saturated rings. The van der Waals surface area contributed by atoms with Gasteiger partial charge in [-0.1, -0.05) is 6.07 Å². The molecule has 0 aliphatic heterocycles. The van der Waals surface area contributed by atoms with Crippen LogP contribution in [0, 0.1) is 0 Å². The third-order valence-electron chi connectivity index (χ3n) is 2.87. The molecule has 0 saturated carbocycles. The van der Waals surface area contributed by atoms with Gasteiger partial charge in [-0.3, -0.25) is 0 Å². The third kappa shape index (κ3) is 6.31. The standard InChI is InChI=1S/C15H25NO5/c1-11(8-18-2)20-9-13(17)10-21-14-5-4-12(7-16)6-15(14)19-3/h4-6,11,13,17H,7-10,16H2,1-3H3. The molecule has 0 bridgehead atoms. The van der Waals surface area contributed by atoms with Crippen molar-refractivity contribution >= 4 is 0 Å². The van der Waals surface area contributed by atoms with Crippen LogP contribution in [0.4, 0.5) is 0 Å². The van der Waals surface area contributed by atoms with Crippen molar-refractivity contribution < 1.29 is 24.1 Å². The predicted molar refractivity (Wildman–Crippen MR) is 79.7 cm³/mol. The normalized spacial score (nSPS) is 13.8. The van der Waals surface area contributed by atoms with E-state index in [9.17, 15) is 5.11 Å². The fourth-order valence-electron chi connectivity index (χ4n) is 1.75. The second-order valence-corrected chi connectivity index (χ2v) is 4.75. The summed E-state index contributed by atoms with van der Waals surface area (Å²) in [7, 11) is 3.17. The van der Waals surface area contributed by atoms with E-state index in [2.05, 4.69) is 0 Å². The van der Waals surface area contributed by atoms with E-state index in [-0.39, 0.29) is 19.3 Å². The Morgan fingerprint density at radius 2 is 1.90 bits per heavy atom. The van der Waals surface area contributed by atoms with Crippen LogP contribution in [0.3, 0.4) is 0 Å². The van der Waals surface area contributed by atoms with Crippen LogP contribution in [-0.2, 0) is 16.0 Å². The second kappa shape index (κ2) is 9.57. The highest BCUT2D eigenvalue weighted by molar-refractivity contribution is 5.42. The van der Waals surface area contributed by atoms with Gasteiger partial charge in [-0.15, -0.1) is 0 Å². The molecule has 6 heteroatoms. The van der Waals surface area contributed by atoms with Gasteiger partial charge in [0, 0.05) is 13.7 Å². The quantitative estimate of drug-likeness (QED) is 0.669. The van der Waals surface area contributed by atoms with Gasteiger partial charge in [0.25, 0.3) is 0 Å². The smallest absolute Gasteiger partial charge is 0.161 e. The summed E-state index contributed by atoms with van der Waals surface area (Å²) in [5.74, 6) is 1.16. The summed E-state index contributed by atoms with van der Waals surface area (Å²) in [6, 6.07) is 5.46. The number of nitrogens with two attached hydrogens (primary N) is 1. The molecule has 0 radical (unpaired) electrons. The van der Waals surface area contributed by atoms with Gasteiger partial charge in [-0.25, -0.2) is 0 Å². The zero-order chi connectivity index (χ0) is 15.7. The van der Waals surface area contributed by atoms with Crippen LogP contribution in [0.25, 0.3) is 0 Å². The molecular formula is C15H25NO5. The minimum atomic E-state index is -0.719. The number of aliphatic hydroxyl groups excluding tert-OH is 1. The number of ether oxygens (including phenoxy) is 4. The minimum Gasteiger partial charge on any atom is -0.493 e. The van der Waals surface area contributed by atoms with Crippen LogP contribution >= 0.6 is 0 Å². The molecule has 0 aromatic heterocycles. The predicted octanol–water partition coefficient (Wildman–Crippen LogP) is 0.945. The Morgan fingerprint density at radius 3 is 2.52 bits per heavy atom. The van der Waals surface area contributed by atoms with Crippen molar-refractivity contribution in [2.75, 3.05) is 34.0 Å². The molecule has 3 N–H and O–H groups in total. The largest absolute Gasteiger partial charge is 0.493 e. The molecule has 1 aromatic rings. The van der Waals surface area contributed by atoms with Crippen molar-refractivity contribution in [2.45, 2.75) is 25.7 Å². The Balaban J connectivity index is 2.43. The van der Waals surface area contributed by atoms with Gasteiger partial charge >= 0.3 is 0 Å². The van der Waals surface area contributed by atoms with Crippen molar-refractivity contribution in [3.05, 3.63) is 23.8 Å². The lowest BCUT2D eigenvalue weighted by atomic mass is 10.2. The molecule has 2 atom stereocenters. The first kappa shape index (κ1) is 17.7. The monoisotopic (exact) mass is 299 g/mol. The highest BCUT2D eigenvalue weighted by Gasteiger charge is 2.11. The van der Waals surface area contributed by atoms with E-state index in [0.717, 1.165) is 5.56 Å². The number of hydrogen-bond donors (Lipinski definition) is 2. The Morgan fingerprint density at radius 1 is 1.14 bits per heavy atom. The van der Waals surface area contributed by atoms with Crippen molar-refractivity contribution in [1.82, 2.24) is 0 Å². The van der Waals surface area contributed by atoms with Crippen LogP contribution < -0.4 is 15.2 Å². The van der Waals surface area contributed by atoms with Gasteiger partial charge in [0.15, 0.2) is 11.5 Å². The lowest BCUT2D eigenvalue weighted by Gasteiger charge is -2.17. The van der Waals surface area contributed by atoms with Crippen molar-refractivity contribution in [3.63, 3.8) is 0 Å². The van der Waals surface area contributed by atoms with Crippen LogP contribution in [0.15, 0.2) is 18.2 Å². The van der Waals surface area contributed by atoms with Crippen molar-refractivity contribution in [2.24, 2.45) is 5.73 Å². The summed E-state index contributed by atoms with van der Waals surface area (Å²) in [5, 5.41) is 9.84. The first-order valence-corrected chi connectivity index (χ1v) is 6.89. The number of hydrogen-bond acceptors (Lipinski definition) is 6. The number of methoxy groups -OCH3 is 2. The van der Waals surface area contributed by atoms with Gasteiger partial charge in [0.2, 0.25) is 0 Å². The zero-order valence-corrected chi connectivity index (χ0v) is 12.9. The summed E-state index contributed by atoms with van der Waals surface area (Å²) in [5.41, 5.74) is 6.53. The molecule has 6 nitrogen and oxygen atoms in total. The lowest BCUT2D eigenvalue weighted by Crippen LogP contribution is -2.27. The second-order valence-electron chi connectivity index (χ2n) is 4.75. The Hall–Kier alpha value is -1.34. The molecule has 0 aliphatic rings. The molecule has 21 heavy (non-hydrogen) atoms. The molecular weight excluding hydrogens is 274 g/mol. The van der Waals surface area contributed by atoms with E-state index in [1.54, 1.807) is 20.3 Å². The number of rotatable bonds is 10. The topological polar surface area (TPSA) is 83.2 Å². The summed E-state index contributed by atoms with van der Waals surface area (Å²) in [6.07, 6.45) is -0.786. The fraction of sp³-hybridized carbons (Fsp3) is 0.600. The Kier molecular flexibility index (Phi) is 8.07. The average molecular weight is 299 g/mol. The molecule has 2 unspecified atom stereocenters. The SMILES string of the molecule is COCC(C)OCC(O)COc1ccc(CN)cc1OC. The maximum atomic E-state index is 9.84.